The number of hydrogen-bond acceptors (Lipinski definition) is 5. The number of amides is 3. The van der Waals surface area contributed by atoms with Gasteiger partial charge in [-0.2, -0.15) is 0 Å². The molecule has 1 unspecified atom stereocenters. The molecule has 9 heteroatoms. The summed E-state index contributed by atoms with van der Waals surface area (Å²) in [4.78, 5) is 45.1. The van der Waals surface area contributed by atoms with E-state index in [0.717, 1.165) is 74.8 Å². The first-order valence-electron chi connectivity index (χ1n) is 14.1. The lowest BCUT2D eigenvalue weighted by Gasteiger charge is -2.34. The van der Waals surface area contributed by atoms with E-state index in [1.165, 1.54) is 0 Å². The van der Waals surface area contributed by atoms with Crippen molar-refractivity contribution < 1.29 is 19.1 Å². The van der Waals surface area contributed by atoms with Gasteiger partial charge in [0.25, 0.3) is 11.4 Å². The quantitative estimate of drug-likeness (QED) is 0.271. The van der Waals surface area contributed by atoms with Gasteiger partial charge in [0.2, 0.25) is 11.8 Å². The Labute approximate surface area is 240 Å². The van der Waals surface area contributed by atoms with E-state index in [2.05, 4.69) is 21.1 Å². The summed E-state index contributed by atoms with van der Waals surface area (Å²) in [5.41, 5.74) is 3.18. The maximum absolute atomic E-state index is 13.1. The minimum absolute atomic E-state index is 0.122. The van der Waals surface area contributed by atoms with Crippen molar-refractivity contribution in [1.82, 2.24) is 15.1 Å². The third-order valence-corrected chi connectivity index (χ3v) is 8.99. The van der Waals surface area contributed by atoms with E-state index in [0.29, 0.717) is 29.3 Å². The Kier molecular flexibility index (Phi) is 8.43. The van der Waals surface area contributed by atoms with Crippen LogP contribution in [-0.4, -0.2) is 60.3 Å². The molecule has 0 spiro atoms. The Morgan fingerprint density at radius 2 is 1.93 bits per heavy atom. The second kappa shape index (κ2) is 12.0. The highest BCUT2D eigenvalue weighted by Gasteiger charge is 2.44. The number of carbonyl (C=O) groups excluding carboxylic acids is 3. The molecule has 0 radical (unpaired) electrons. The molecular formula is C31H35ClN4O4. The van der Waals surface area contributed by atoms with Crippen LogP contribution in [0.3, 0.4) is 0 Å². The maximum atomic E-state index is 13.1. The smallest absolute Gasteiger partial charge is 0.261 e. The molecule has 3 amide bonds. The molecule has 0 saturated carbocycles. The van der Waals surface area contributed by atoms with Crippen LogP contribution in [0.25, 0.3) is 4.85 Å². The average Bonchev–Trinajstić information content (AvgIpc) is 3.30. The van der Waals surface area contributed by atoms with Crippen LogP contribution in [0.1, 0.15) is 72.0 Å². The number of piperidine rings is 2. The van der Waals surface area contributed by atoms with Gasteiger partial charge in [-0.3, -0.25) is 19.7 Å². The number of carbonyl (C=O) groups is 3. The van der Waals surface area contributed by atoms with Crippen molar-refractivity contribution in [2.24, 2.45) is 0 Å². The van der Waals surface area contributed by atoms with Crippen LogP contribution in [-0.2, 0) is 28.1 Å². The third-order valence-electron chi connectivity index (χ3n) is 8.67. The van der Waals surface area contributed by atoms with Crippen molar-refractivity contribution in [2.45, 2.75) is 69.5 Å². The van der Waals surface area contributed by atoms with Crippen molar-refractivity contribution in [1.29, 1.82) is 0 Å². The maximum Gasteiger partial charge on any atom is 0.261 e. The number of nitrogens with zero attached hydrogens (tertiary/aromatic N) is 3. The molecule has 3 aliphatic rings. The number of unbranched alkanes of at least 4 members (excludes halogenated alkanes) is 2. The number of nitrogens with one attached hydrogen (secondary N) is 1. The lowest BCUT2D eigenvalue weighted by molar-refractivity contribution is -0.136. The molecular weight excluding hydrogens is 528 g/mol. The number of ether oxygens (including phenoxy) is 1. The van der Waals surface area contributed by atoms with E-state index in [-0.39, 0.29) is 24.1 Å². The first-order chi connectivity index (χ1) is 19.3. The Balaban J connectivity index is 1.09. The predicted molar refractivity (Wildman–Crippen MR) is 152 cm³/mol. The van der Waals surface area contributed by atoms with Crippen LogP contribution in [0.5, 0.6) is 5.75 Å². The molecule has 0 aromatic heterocycles. The first kappa shape index (κ1) is 28.1. The van der Waals surface area contributed by atoms with E-state index in [4.69, 9.17) is 22.9 Å². The largest absolute Gasteiger partial charge is 0.497 e. The zero-order valence-electron chi connectivity index (χ0n) is 22.9. The summed E-state index contributed by atoms with van der Waals surface area (Å²) in [6, 6.07) is 10.9. The Morgan fingerprint density at radius 3 is 2.62 bits per heavy atom. The van der Waals surface area contributed by atoms with Gasteiger partial charge in [0, 0.05) is 44.5 Å². The molecule has 40 heavy (non-hydrogen) atoms. The van der Waals surface area contributed by atoms with Gasteiger partial charge in [0.15, 0.2) is 0 Å². The summed E-state index contributed by atoms with van der Waals surface area (Å²) in [7, 11) is 1.61. The molecule has 2 aromatic carbocycles. The predicted octanol–water partition coefficient (Wildman–Crippen LogP) is 4.73. The van der Waals surface area contributed by atoms with Crippen molar-refractivity contribution in [3.63, 3.8) is 0 Å². The van der Waals surface area contributed by atoms with E-state index in [1.54, 1.807) is 18.1 Å². The Hall–Kier alpha value is -3.41. The zero-order chi connectivity index (χ0) is 28.3. The van der Waals surface area contributed by atoms with Crippen LogP contribution < -0.4 is 10.1 Å². The number of hydrogen-bond donors (Lipinski definition) is 1. The van der Waals surface area contributed by atoms with Crippen molar-refractivity contribution in [3.05, 3.63) is 75.1 Å². The summed E-state index contributed by atoms with van der Waals surface area (Å²) < 4.78 is 5.26. The molecule has 1 atom stereocenters. The average molecular weight is 563 g/mol. The van der Waals surface area contributed by atoms with Gasteiger partial charge in [-0.25, -0.2) is 6.57 Å². The molecule has 2 saturated heterocycles. The van der Waals surface area contributed by atoms with Crippen LogP contribution in [0.2, 0.25) is 5.02 Å². The fourth-order valence-electron chi connectivity index (χ4n) is 6.30. The monoisotopic (exact) mass is 562 g/mol. The Bertz CT molecular complexity index is 1350. The summed E-state index contributed by atoms with van der Waals surface area (Å²) in [6.07, 6.45) is 6.20. The molecule has 2 fully saturated rings. The van der Waals surface area contributed by atoms with E-state index >= 15 is 0 Å². The lowest BCUT2D eigenvalue weighted by Crippen LogP contribution is -2.52. The fraction of sp³-hybridized carbons (Fsp3) is 0.484. The van der Waals surface area contributed by atoms with Gasteiger partial charge in [0.05, 0.1) is 17.7 Å². The van der Waals surface area contributed by atoms with Gasteiger partial charge in [-0.15, -0.1) is 0 Å². The first-order valence-corrected chi connectivity index (χ1v) is 14.4. The fourth-order valence-corrected chi connectivity index (χ4v) is 6.65. The topological polar surface area (TPSA) is 83.3 Å². The molecule has 3 heterocycles. The van der Waals surface area contributed by atoms with Gasteiger partial charge in [0.1, 0.15) is 11.8 Å². The highest BCUT2D eigenvalue weighted by Crippen LogP contribution is 2.41. The summed E-state index contributed by atoms with van der Waals surface area (Å²) in [6.45, 7) is 11.1. The second-order valence-electron chi connectivity index (χ2n) is 11.0. The van der Waals surface area contributed by atoms with Crippen molar-refractivity contribution in [2.75, 3.05) is 26.7 Å². The number of imide groups is 1. The van der Waals surface area contributed by atoms with E-state index in [9.17, 15) is 14.4 Å². The van der Waals surface area contributed by atoms with Crippen LogP contribution >= 0.6 is 11.6 Å². The van der Waals surface area contributed by atoms with Gasteiger partial charge >= 0.3 is 0 Å². The molecule has 5 rings (SSSR count). The van der Waals surface area contributed by atoms with E-state index in [1.807, 2.05) is 24.3 Å². The Morgan fingerprint density at radius 1 is 1.12 bits per heavy atom. The number of aryl methyl sites for hydroxylation is 1. The molecule has 0 aliphatic carbocycles. The molecule has 0 bridgehead atoms. The molecule has 2 aromatic rings. The summed E-state index contributed by atoms with van der Waals surface area (Å²) in [5.74, 6) is -0.0757. The number of halogens is 1. The highest BCUT2D eigenvalue weighted by atomic mass is 35.5. The molecule has 210 valence electrons. The SMILES string of the molecule is [C-]#[N+]C1(c2ccc(OC)cc2Cl)CCN(CCCCCc2cccc3c2CN(C2CCC(=O)NC2=O)C3=O)CC1. The van der Waals surface area contributed by atoms with Crippen LogP contribution in [0.15, 0.2) is 36.4 Å². The molecule has 8 nitrogen and oxygen atoms in total. The highest BCUT2D eigenvalue weighted by molar-refractivity contribution is 6.31. The standard InChI is InChI=1S/C31H35ClN4O4/c1-33-31(25-11-10-22(40-2)19-26(25)32)14-17-35(18-15-31)16-5-3-4-7-21-8-6-9-23-24(21)20-36(30(23)39)27-12-13-28(37)34-29(27)38/h6,8-11,19,27H,3-5,7,12-18,20H2,2H3,(H,34,37,38). The summed E-state index contributed by atoms with van der Waals surface area (Å²) in [5, 5.41) is 2.96. The minimum atomic E-state index is -0.586. The number of methoxy groups -OCH3 is 1. The van der Waals surface area contributed by atoms with E-state index < -0.39 is 11.6 Å². The minimum Gasteiger partial charge on any atom is -0.497 e. The number of rotatable bonds is 9. The zero-order valence-corrected chi connectivity index (χ0v) is 23.6. The number of likely N-dealkylation sites (tertiary alicyclic amines) is 1. The third kappa shape index (κ3) is 5.59. The van der Waals surface area contributed by atoms with Crippen LogP contribution in [0, 0.1) is 6.57 Å². The second-order valence-corrected chi connectivity index (χ2v) is 11.4. The summed E-state index contributed by atoms with van der Waals surface area (Å²) >= 11 is 6.53. The number of fused-ring (bicyclic) bond motifs is 1. The van der Waals surface area contributed by atoms with Gasteiger partial charge in [-0.05, 0) is 67.6 Å². The molecule has 3 aliphatic heterocycles. The normalized spacial score (nSPS) is 20.7. The molecule has 1 N–H and O–H groups in total. The number of benzene rings is 2. The van der Waals surface area contributed by atoms with Crippen molar-refractivity contribution >= 4 is 29.3 Å². The van der Waals surface area contributed by atoms with Crippen LogP contribution in [0.4, 0.5) is 0 Å². The lowest BCUT2D eigenvalue weighted by atomic mass is 9.81. The van der Waals surface area contributed by atoms with Crippen molar-refractivity contribution in [3.8, 4) is 5.75 Å². The van der Waals surface area contributed by atoms with Gasteiger partial charge in [-0.1, -0.05) is 30.2 Å². The van der Waals surface area contributed by atoms with Gasteiger partial charge < -0.3 is 19.4 Å².